The van der Waals surface area contributed by atoms with Crippen molar-refractivity contribution in [2.75, 3.05) is 0 Å². The molecule has 3 aromatic rings. The van der Waals surface area contributed by atoms with E-state index in [1.165, 1.54) is 6.07 Å². The third kappa shape index (κ3) is 2.49. The van der Waals surface area contributed by atoms with Crippen molar-refractivity contribution in [2.24, 2.45) is 5.73 Å². The fourth-order valence-corrected chi connectivity index (χ4v) is 2.82. The molecule has 2 aromatic carbocycles. The van der Waals surface area contributed by atoms with Gasteiger partial charge in [-0.05, 0) is 49.2 Å². The first-order valence-electron chi connectivity index (χ1n) is 6.67. The van der Waals surface area contributed by atoms with E-state index < -0.39 is 6.04 Å². The lowest BCUT2D eigenvalue weighted by molar-refractivity contribution is 0.519. The smallest absolute Gasteiger partial charge is 0.134 e. The molecular weight excluding hydrogens is 333 g/mol. The Morgan fingerprint density at radius 1 is 1.14 bits per heavy atom. The third-order valence-corrected chi connectivity index (χ3v) is 4.27. The minimum absolute atomic E-state index is 0.251. The monoisotopic (exact) mass is 347 g/mol. The van der Waals surface area contributed by atoms with Gasteiger partial charge in [-0.25, -0.2) is 4.39 Å². The zero-order valence-corrected chi connectivity index (χ0v) is 13.4. The van der Waals surface area contributed by atoms with Crippen molar-refractivity contribution < 1.29 is 8.81 Å². The van der Waals surface area contributed by atoms with E-state index in [-0.39, 0.29) is 5.82 Å². The van der Waals surface area contributed by atoms with Crippen molar-refractivity contribution in [3.8, 4) is 0 Å². The molecular formula is C17H15BrFNO. The van der Waals surface area contributed by atoms with Crippen molar-refractivity contribution in [1.82, 2.24) is 0 Å². The summed E-state index contributed by atoms with van der Waals surface area (Å²) < 4.78 is 20.6. The molecule has 0 fully saturated rings. The van der Waals surface area contributed by atoms with Crippen LogP contribution in [-0.2, 0) is 0 Å². The second-order valence-electron chi connectivity index (χ2n) is 5.22. The van der Waals surface area contributed by atoms with Crippen LogP contribution in [0, 0.1) is 19.7 Å². The highest BCUT2D eigenvalue weighted by atomic mass is 79.9. The molecule has 21 heavy (non-hydrogen) atoms. The number of fused-ring (bicyclic) bond motifs is 1. The minimum atomic E-state index is -0.480. The Bertz CT molecular complexity index is 825. The first-order chi connectivity index (χ1) is 9.97. The molecule has 0 aliphatic carbocycles. The summed E-state index contributed by atoms with van der Waals surface area (Å²) in [6.07, 6.45) is 0. The highest BCUT2D eigenvalue weighted by Crippen LogP contribution is 2.33. The number of rotatable bonds is 2. The first kappa shape index (κ1) is 14.3. The van der Waals surface area contributed by atoms with Gasteiger partial charge < -0.3 is 10.2 Å². The molecule has 4 heteroatoms. The second-order valence-corrected chi connectivity index (χ2v) is 6.13. The average molecular weight is 348 g/mol. The van der Waals surface area contributed by atoms with Crippen LogP contribution in [-0.4, -0.2) is 0 Å². The first-order valence-corrected chi connectivity index (χ1v) is 7.47. The fourth-order valence-electron chi connectivity index (χ4n) is 2.46. The number of furan rings is 1. The van der Waals surface area contributed by atoms with Gasteiger partial charge >= 0.3 is 0 Å². The van der Waals surface area contributed by atoms with Crippen molar-refractivity contribution in [3.05, 3.63) is 69.1 Å². The Morgan fingerprint density at radius 2 is 1.90 bits per heavy atom. The molecule has 3 rings (SSSR count). The van der Waals surface area contributed by atoms with Crippen LogP contribution in [0.1, 0.15) is 28.5 Å². The average Bonchev–Trinajstić information content (AvgIpc) is 2.78. The molecule has 2 nitrogen and oxygen atoms in total. The molecule has 0 amide bonds. The summed E-state index contributed by atoms with van der Waals surface area (Å²) in [6, 6.07) is 10.4. The molecule has 0 radical (unpaired) electrons. The summed E-state index contributed by atoms with van der Waals surface area (Å²) in [4.78, 5) is 0. The predicted octanol–water partition coefficient (Wildman–Crippen LogP) is 5.00. The Morgan fingerprint density at radius 3 is 2.62 bits per heavy atom. The van der Waals surface area contributed by atoms with E-state index in [1.807, 2.05) is 31.2 Å². The molecule has 0 spiro atoms. The van der Waals surface area contributed by atoms with Gasteiger partial charge in [-0.15, -0.1) is 0 Å². The predicted molar refractivity (Wildman–Crippen MR) is 85.8 cm³/mol. The van der Waals surface area contributed by atoms with Crippen LogP contribution >= 0.6 is 15.9 Å². The van der Waals surface area contributed by atoms with Crippen molar-refractivity contribution in [3.63, 3.8) is 0 Å². The molecule has 0 saturated heterocycles. The van der Waals surface area contributed by atoms with Crippen molar-refractivity contribution in [2.45, 2.75) is 19.9 Å². The molecule has 0 aliphatic rings. The zero-order valence-electron chi connectivity index (χ0n) is 11.8. The van der Waals surface area contributed by atoms with Crippen molar-refractivity contribution in [1.29, 1.82) is 0 Å². The maximum absolute atomic E-state index is 13.7. The molecule has 0 aliphatic heterocycles. The van der Waals surface area contributed by atoms with E-state index in [0.717, 1.165) is 21.0 Å². The quantitative estimate of drug-likeness (QED) is 0.708. The maximum Gasteiger partial charge on any atom is 0.134 e. The fraction of sp³-hybridized carbons (Fsp3) is 0.176. The zero-order chi connectivity index (χ0) is 15.1. The Kier molecular flexibility index (Phi) is 3.59. The molecule has 1 atom stereocenters. The van der Waals surface area contributed by atoms with Gasteiger partial charge in [-0.1, -0.05) is 28.1 Å². The van der Waals surface area contributed by atoms with Gasteiger partial charge in [0, 0.05) is 15.4 Å². The van der Waals surface area contributed by atoms with Crippen LogP contribution in [0.3, 0.4) is 0 Å². The largest absolute Gasteiger partial charge is 0.459 e. The van der Waals surface area contributed by atoms with Crippen LogP contribution in [0.15, 0.2) is 45.3 Å². The number of aryl methyl sites for hydroxylation is 2. The SMILES string of the molecule is Cc1ccc(C(N)c2oc3ccc(Br)cc3c2C)cc1F. The van der Waals surface area contributed by atoms with E-state index in [4.69, 9.17) is 10.2 Å². The third-order valence-electron chi connectivity index (χ3n) is 3.77. The van der Waals surface area contributed by atoms with Gasteiger partial charge in [0.25, 0.3) is 0 Å². The van der Waals surface area contributed by atoms with Crippen LogP contribution in [0.4, 0.5) is 4.39 Å². The summed E-state index contributed by atoms with van der Waals surface area (Å²) in [5.41, 5.74) is 9.35. The van der Waals surface area contributed by atoms with Crippen LogP contribution in [0.25, 0.3) is 11.0 Å². The molecule has 1 heterocycles. The number of nitrogens with two attached hydrogens (primary N) is 1. The molecule has 1 unspecified atom stereocenters. The molecule has 0 saturated carbocycles. The van der Waals surface area contributed by atoms with Crippen LogP contribution in [0.2, 0.25) is 0 Å². The van der Waals surface area contributed by atoms with Gasteiger partial charge in [0.15, 0.2) is 0 Å². The Balaban J connectivity index is 2.10. The number of hydrogen-bond acceptors (Lipinski definition) is 2. The summed E-state index contributed by atoms with van der Waals surface area (Å²) in [7, 11) is 0. The Hall–Kier alpha value is -1.65. The number of hydrogen-bond donors (Lipinski definition) is 1. The van der Waals surface area contributed by atoms with Gasteiger partial charge in [0.05, 0.1) is 6.04 Å². The van der Waals surface area contributed by atoms with E-state index in [2.05, 4.69) is 15.9 Å². The van der Waals surface area contributed by atoms with Gasteiger partial charge in [0.1, 0.15) is 17.2 Å². The maximum atomic E-state index is 13.7. The molecule has 108 valence electrons. The van der Waals surface area contributed by atoms with Crippen LogP contribution < -0.4 is 5.73 Å². The van der Waals surface area contributed by atoms with Gasteiger partial charge in [-0.2, -0.15) is 0 Å². The lowest BCUT2D eigenvalue weighted by Crippen LogP contribution is -2.12. The van der Waals surface area contributed by atoms with Crippen molar-refractivity contribution >= 4 is 26.9 Å². The Labute approximate surface area is 130 Å². The molecule has 2 N–H and O–H groups in total. The summed E-state index contributed by atoms with van der Waals surface area (Å²) in [5, 5.41) is 1.02. The number of halogens is 2. The van der Waals surface area contributed by atoms with Crippen LogP contribution in [0.5, 0.6) is 0 Å². The lowest BCUT2D eigenvalue weighted by atomic mass is 10.0. The summed E-state index contributed by atoms with van der Waals surface area (Å²) >= 11 is 3.45. The van der Waals surface area contributed by atoms with E-state index in [0.29, 0.717) is 16.9 Å². The highest BCUT2D eigenvalue weighted by molar-refractivity contribution is 9.10. The standard InChI is InChI=1S/C17H15BrFNO/c1-9-3-4-11(7-14(9)19)16(20)17-10(2)13-8-12(18)5-6-15(13)21-17/h3-8,16H,20H2,1-2H3. The van der Waals surface area contributed by atoms with Gasteiger partial charge in [0.2, 0.25) is 0 Å². The molecule has 0 bridgehead atoms. The van der Waals surface area contributed by atoms with E-state index >= 15 is 0 Å². The summed E-state index contributed by atoms with van der Waals surface area (Å²) in [5.74, 6) is 0.422. The minimum Gasteiger partial charge on any atom is -0.459 e. The van der Waals surface area contributed by atoms with E-state index in [1.54, 1.807) is 13.0 Å². The van der Waals surface area contributed by atoms with E-state index in [9.17, 15) is 4.39 Å². The topological polar surface area (TPSA) is 39.2 Å². The molecule has 1 aromatic heterocycles. The second kappa shape index (κ2) is 5.28. The lowest BCUT2D eigenvalue weighted by Gasteiger charge is -2.11. The highest BCUT2D eigenvalue weighted by Gasteiger charge is 2.19. The number of benzene rings is 2. The van der Waals surface area contributed by atoms with Gasteiger partial charge in [-0.3, -0.25) is 0 Å². The normalized spacial score (nSPS) is 12.8. The summed E-state index contributed by atoms with van der Waals surface area (Å²) in [6.45, 7) is 3.70.